The highest BCUT2D eigenvalue weighted by Crippen LogP contribution is 2.46. The van der Waals surface area contributed by atoms with Crippen LogP contribution in [0.1, 0.15) is 13.2 Å². The molecule has 0 radical (unpaired) electrons. The monoisotopic (exact) mass is 324 g/mol. The summed E-state index contributed by atoms with van der Waals surface area (Å²) in [5.74, 6) is -0.751. The van der Waals surface area contributed by atoms with E-state index in [2.05, 4.69) is 4.98 Å². The lowest BCUT2D eigenvalue weighted by atomic mass is 9.91. The van der Waals surface area contributed by atoms with Gasteiger partial charge in [-0.2, -0.15) is 0 Å². The summed E-state index contributed by atoms with van der Waals surface area (Å²) in [5.41, 5.74) is -0.902. The Kier molecular flexibility index (Phi) is 3.82. The number of hydrogen-bond acceptors (Lipinski definition) is 7. The molecule has 0 spiro atoms. The Morgan fingerprint density at radius 2 is 2.22 bits per heavy atom. The number of aromatic nitrogens is 2. The molecule has 124 valence electrons. The van der Waals surface area contributed by atoms with Crippen LogP contribution in [0.15, 0.2) is 33.2 Å². The zero-order chi connectivity index (χ0) is 16.7. The predicted molar refractivity (Wildman–Crippen MR) is 75.4 cm³/mol. The van der Waals surface area contributed by atoms with Crippen LogP contribution in [0.5, 0.6) is 0 Å². The number of allylic oxidation sites excluding steroid dienone is 1. The van der Waals surface area contributed by atoms with Gasteiger partial charge in [0.2, 0.25) is 0 Å². The molecule has 0 amide bonds. The maximum atomic E-state index is 12.0. The second kappa shape index (κ2) is 5.67. The van der Waals surface area contributed by atoms with Crippen molar-refractivity contribution in [3.05, 3.63) is 44.4 Å². The first-order valence-electron chi connectivity index (χ1n) is 7.01. The molecule has 1 aromatic heterocycles. The van der Waals surface area contributed by atoms with Gasteiger partial charge in [0.15, 0.2) is 12.3 Å². The fourth-order valence-corrected chi connectivity index (χ4v) is 3.11. The molecule has 1 fully saturated rings. The fraction of sp³-hybridized carbons (Fsp3) is 0.500. The van der Waals surface area contributed by atoms with Gasteiger partial charge in [0.1, 0.15) is 5.76 Å². The first kappa shape index (κ1) is 15.5. The van der Waals surface area contributed by atoms with Crippen molar-refractivity contribution < 1.29 is 24.1 Å². The normalized spacial score (nSPS) is 29.3. The minimum atomic E-state index is -0.876. The maximum absolute atomic E-state index is 12.0. The Morgan fingerprint density at radius 1 is 1.48 bits per heavy atom. The van der Waals surface area contributed by atoms with E-state index in [1.54, 1.807) is 6.92 Å². The molecule has 0 unspecified atom stereocenters. The summed E-state index contributed by atoms with van der Waals surface area (Å²) in [6.45, 7) is 1.26. The van der Waals surface area contributed by atoms with Gasteiger partial charge in [0.05, 0.1) is 31.3 Å². The van der Waals surface area contributed by atoms with Gasteiger partial charge in [-0.1, -0.05) is 0 Å². The molecule has 3 heterocycles. The van der Waals surface area contributed by atoms with Crippen LogP contribution in [0.2, 0.25) is 0 Å². The SMILES string of the molecule is COC(=O)C1=C(C)O[C@@H]2[C@H]1[C@@H](CO)O[C@H]2n1ccc(=O)[nH]c1=O. The molecule has 9 heteroatoms. The number of aliphatic hydroxyl groups excluding tert-OH is 1. The third kappa shape index (κ3) is 2.37. The first-order valence-corrected chi connectivity index (χ1v) is 7.01. The largest absolute Gasteiger partial charge is 0.489 e. The summed E-state index contributed by atoms with van der Waals surface area (Å²) >= 11 is 0. The lowest BCUT2D eigenvalue weighted by Gasteiger charge is -2.19. The Morgan fingerprint density at radius 3 is 2.83 bits per heavy atom. The van der Waals surface area contributed by atoms with Crippen molar-refractivity contribution >= 4 is 5.97 Å². The Balaban J connectivity index is 2.01. The molecule has 0 bridgehead atoms. The minimum Gasteiger partial charge on any atom is -0.489 e. The molecule has 1 saturated heterocycles. The molecule has 4 atom stereocenters. The topological polar surface area (TPSA) is 120 Å². The fourth-order valence-electron chi connectivity index (χ4n) is 3.11. The number of nitrogens with zero attached hydrogens (tertiary/aromatic N) is 1. The Labute approximate surface area is 130 Å². The van der Waals surface area contributed by atoms with E-state index in [1.165, 1.54) is 23.9 Å². The lowest BCUT2D eigenvalue weighted by Crippen LogP contribution is -2.36. The molecule has 2 aliphatic heterocycles. The molecule has 23 heavy (non-hydrogen) atoms. The molecule has 2 N–H and O–H groups in total. The van der Waals surface area contributed by atoms with Crippen molar-refractivity contribution in [3.8, 4) is 0 Å². The zero-order valence-electron chi connectivity index (χ0n) is 12.5. The van der Waals surface area contributed by atoms with Crippen LogP contribution in [-0.2, 0) is 19.0 Å². The van der Waals surface area contributed by atoms with E-state index in [0.29, 0.717) is 5.76 Å². The molecular weight excluding hydrogens is 308 g/mol. The second-order valence-corrected chi connectivity index (χ2v) is 5.33. The molecule has 1 aromatic rings. The second-order valence-electron chi connectivity index (χ2n) is 5.33. The van der Waals surface area contributed by atoms with Crippen molar-refractivity contribution in [2.75, 3.05) is 13.7 Å². The Bertz CT molecular complexity index is 778. The van der Waals surface area contributed by atoms with Gasteiger partial charge < -0.3 is 19.3 Å². The van der Waals surface area contributed by atoms with E-state index in [-0.39, 0.29) is 12.2 Å². The van der Waals surface area contributed by atoms with Crippen LogP contribution < -0.4 is 11.2 Å². The van der Waals surface area contributed by atoms with Crippen molar-refractivity contribution in [2.24, 2.45) is 5.92 Å². The summed E-state index contributed by atoms with van der Waals surface area (Å²) in [4.78, 5) is 37.3. The molecule has 3 rings (SSSR count). The maximum Gasteiger partial charge on any atom is 0.337 e. The van der Waals surface area contributed by atoms with Crippen LogP contribution in [0, 0.1) is 5.92 Å². The smallest absolute Gasteiger partial charge is 0.337 e. The third-order valence-electron chi connectivity index (χ3n) is 4.09. The van der Waals surface area contributed by atoms with Crippen molar-refractivity contribution in [1.82, 2.24) is 9.55 Å². The number of esters is 1. The van der Waals surface area contributed by atoms with Gasteiger partial charge in [0.25, 0.3) is 5.56 Å². The van der Waals surface area contributed by atoms with E-state index in [9.17, 15) is 19.5 Å². The number of methoxy groups -OCH3 is 1. The summed E-state index contributed by atoms with van der Waals surface area (Å²) in [7, 11) is 1.25. The Hall–Kier alpha value is -2.39. The van der Waals surface area contributed by atoms with Gasteiger partial charge in [-0.3, -0.25) is 14.3 Å². The van der Waals surface area contributed by atoms with E-state index in [0.717, 1.165) is 0 Å². The number of carbonyl (C=O) groups is 1. The summed E-state index contributed by atoms with van der Waals surface area (Å²) < 4.78 is 17.3. The highest BCUT2D eigenvalue weighted by molar-refractivity contribution is 5.90. The average Bonchev–Trinajstić information content (AvgIpc) is 3.02. The number of aromatic amines is 1. The summed E-state index contributed by atoms with van der Waals surface area (Å²) in [6, 6.07) is 1.18. The highest BCUT2D eigenvalue weighted by atomic mass is 16.6. The lowest BCUT2D eigenvalue weighted by molar-refractivity contribution is -0.137. The van der Waals surface area contributed by atoms with Crippen LogP contribution in [-0.4, -0.2) is 46.6 Å². The van der Waals surface area contributed by atoms with Crippen molar-refractivity contribution in [2.45, 2.75) is 25.4 Å². The number of fused-ring (bicyclic) bond motifs is 1. The van der Waals surface area contributed by atoms with E-state index >= 15 is 0 Å². The van der Waals surface area contributed by atoms with E-state index in [4.69, 9.17) is 14.2 Å². The van der Waals surface area contributed by atoms with E-state index < -0.39 is 41.6 Å². The number of carbonyl (C=O) groups excluding carboxylic acids is 1. The molecule has 0 saturated carbocycles. The number of ether oxygens (including phenoxy) is 3. The van der Waals surface area contributed by atoms with E-state index in [1.807, 2.05) is 0 Å². The average molecular weight is 324 g/mol. The van der Waals surface area contributed by atoms with Gasteiger partial charge in [0, 0.05) is 12.3 Å². The van der Waals surface area contributed by atoms with Crippen LogP contribution >= 0.6 is 0 Å². The molecular formula is C14H16N2O7. The van der Waals surface area contributed by atoms with Crippen molar-refractivity contribution in [3.63, 3.8) is 0 Å². The number of aliphatic hydroxyl groups is 1. The highest BCUT2D eigenvalue weighted by Gasteiger charge is 2.55. The van der Waals surface area contributed by atoms with Gasteiger partial charge in [-0.15, -0.1) is 0 Å². The summed E-state index contributed by atoms with van der Waals surface area (Å²) in [6.07, 6.45) is -0.990. The zero-order valence-corrected chi connectivity index (χ0v) is 12.5. The first-order chi connectivity index (χ1) is 11.0. The molecule has 2 aliphatic rings. The molecule has 9 nitrogen and oxygen atoms in total. The van der Waals surface area contributed by atoms with Crippen LogP contribution in [0.25, 0.3) is 0 Å². The van der Waals surface area contributed by atoms with Gasteiger partial charge in [-0.05, 0) is 6.92 Å². The minimum absolute atomic E-state index is 0.288. The van der Waals surface area contributed by atoms with Crippen LogP contribution in [0.3, 0.4) is 0 Å². The number of nitrogens with one attached hydrogen (secondary N) is 1. The molecule has 0 aromatic carbocycles. The molecule has 0 aliphatic carbocycles. The summed E-state index contributed by atoms with van der Waals surface area (Å²) in [5, 5.41) is 9.55. The number of rotatable bonds is 3. The quantitative estimate of drug-likeness (QED) is 0.676. The third-order valence-corrected chi connectivity index (χ3v) is 4.09. The van der Waals surface area contributed by atoms with Gasteiger partial charge in [-0.25, -0.2) is 9.59 Å². The van der Waals surface area contributed by atoms with Gasteiger partial charge >= 0.3 is 11.7 Å². The van der Waals surface area contributed by atoms with Crippen LogP contribution in [0.4, 0.5) is 0 Å². The standard InChI is InChI=1S/C14H16N2O7/c1-6-9(13(19)21-2)10-7(5-17)23-12(11(10)22-6)16-4-3-8(18)15-14(16)20/h3-4,7,10-12,17H,5H2,1-2H3,(H,15,18,20)/t7-,10+,11-,12-/m1/s1. The predicted octanol–water partition coefficient (Wildman–Crippen LogP) is -1.11. The van der Waals surface area contributed by atoms with Crippen molar-refractivity contribution in [1.29, 1.82) is 0 Å². The number of hydrogen-bond donors (Lipinski definition) is 2. The number of H-pyrrole nitrogens is 1.